The van der Waals surface area contributed by atoms with E-state index in [0.717, 1.165) is 40.4 Å². The molecule has 0 saturated heterocycles. The van der Waals surface area contributed by atoms with Crippen molar-refractivity contribution in [2.45, 2.75) is 20.3 Å². The van der Waals surface area contributed by atoms with E-state index in [2.05, 4.69) is 27.0 Å². The lowest BCUT2D eigenvalue weighted by Crippen LogP contribution is -1.89. The predicted octanol–water partition coefficient (Wildman–Crippen LogP) is 2.23. The summed E-state index contributed by atoms with van der Waals surface area (Å²) in [4.78, 5) is 12.3. The zero-order valence-electron chi connectivity index (χ0n) is 10.7. The van der Waals surface area contributed by atoms with Crippen LogP contribution in [0.5, 0.6) is 0 Å². The molecular weight excluding hydrogens is 226 g/mol. The molecule has 0 fully saturated rings. The lowest BCUT2D eigenvalue weighted by atomic mass is 10.2. The van der Waals surface area contributed by atoms with Crippen molar-refractivity contribution >= 4 is 11.2 Å². The number of fused-ring (bicyclic) bond motifs is 1. The number of aromatic amines is 1. The van der Waals surface area contributed by atoms with Crippen LogP contribution in [0.2, 0.25) is 0 Å². The Hall–Kier alpha value is -2.17. The molecule has 92 valence electrons. The highest BCUT2D eigenvalue weighted by Crippen LogP contribution is 2.22. The minimum absolute atomic E-state index is 0.760. The molecule has 0 amide bonds. The van der Waals surface area contributed by atoms with Gasteiger partial charge in [-0.15, -0.1) is 0 Å². The molecule has 0 aromatic carbocycles. The summed E-state index contributed by atoms with van der Waals surface area (Å²) in [6.07, 6.45) is 2.88. The van der Waals surface area contributed by atoms with Gasteiger partial charge in [0.15, 0.2) is 5.65 Å². The Morgan fingerprint density at radius 2 is 2.11 bits per heavy atom. The lowest BCUT2D eigenvalue weighted by Gasteiger charge is -1.93. The van der Waals surface area contributed by atoms with E-state index in [1.807, 2.05) is 37.0 Å². The molecule has 5 heteroatoms. The number of pyridine rings is 1. The van der Waals surface area contributed by atoms with Crippen molar-refractivity contribution in [3.63, 3.8) is 0 Å². The van der Waals surface area contributed by atoms with Gasteiger partial charge in [-0.3, -0.25) is 4.68 Å². The molecular formula is C13H15N5. The Balaban J connectivity index is 2.18. The van der Waals surface area contributed by atoms with Crippen molar-refractivity contribution in [1.29, 1.82) is 0 Å². The monoisotopic (exact) mass is 241 g/mol. The highest BCUT2D eigenvalue weighted by atomic mass is 15.3. The third-order valence-electron chi connectivity index (χ3n) is 2.98. The van der Waals surface area contributed by atoms with E-state index in [1.54, 1.807) is 0 Å². The largest absolute Gasteiger partial charge is 0.336 e. The highest BCUT2D eigenvalue weighted by molar-refractivity contribution is 5.76. The van der Waals surface area contributed by atoms with Crippen LogP contribution in [0.15, 0.2) is 18.3 Å². The fourth-order valence-electron chi connectivity index (χ4n) is 2.11. The van der Waals surface area contributed by atoms with Crippen LogP contribution in [0.25, 0.3) is 22.6 Å². The van der Waals surface area contributed by atoms with Crippen LogP contribution in [0.1, 0.15) is 18.3 Å². The molecule has 5 nitrogen and oxygen atoms in total. The Bertz CT molecular complexity index is 707. The first-order valence-electron chi connectivity index (χ1n) is 6.03. The number of hydrogen-bond donors (Lipinski definition) is 1. The second kappa shape index (κ2) is 3.94. The third-order valence-corrected chi connectivity index (χ3v) is 2.98. The SMILES string of the molecule is CCc1nn(C)cc1-c1nc2nc(C)ccc2[nH]1. The Kier molecular flexibility index (Phi) is 2.40. The molecule has 0 atom stereocenters. The number of aryl methyl sites for hydroxylation is 3. The summed E-state index contributed by atoms with van der Waals surface area (Å²) in [6.45, 7) is 4.06. The second-order valence-electron chi connectivity index (χ2n) is 4.43. The summed E-state index contributed by atoms with van der Waals surface area (Å²) in [6, 6.07) is 3.99. The summed E-state index contributed by atoms with van der Waals surface area (Å²) in [7, 11) is 1.92. The van der Waals surface area contributed by atoms with Gasteiger partial charge >= 0.3 is 0 Å². The van der Waals surface area contributed by atoms with Gasteiger partial charge in [-0.2, -0.15) is 5.10 Å². The van der Waals surface area contributed by atoms with Gasteiger partial charge < -0.3 is 4.98 Å². The van der Waals surface area contributed by atoms with Gasteiger partial charge in [0.2, 0.25) is 0 Å². The van der Waals surface area contributed by atoms with Crippen LogP contribution in [0.4, 0.5) is 0 Å². The molecule has 3 aromatic heterocycles. The summed E-state index contributed by atoms with van der Waals surface area (Å²) in [5, 5.41) is 4.43. The van der Waals surface area contributed by atoms with E-state index < -0.39 is 0 Å². The molecule has 0 unspecified atom stereocenters. The van der Waals surface area contributed by atoms with Gasteiger partial charge in [-0.1, -0.05) is 6.92 Å². The van der Waals surface area contributed by atoms with Crippen LogP contribution < -0.4 is 0 Å². The van der Waals surface area contributed by atoms with Crippen LogP contribution in [0.3, 0.4) is 0 Å². The average molecular weight is 241 g/mol. The number of nitrogens with one attached hydrogen (secondary N) is 1. The maximum atomic E-state index is 4.55. The average Bonchev–Trinajstić information content (AvgIpc) is 2.91. The molecule has 0 radical (unpaired) electrons. The maximum Gasteiger partial charge on any atom is 0.178 e. The maximum absolute atomic E-state index is 4.55. The van der Waals surface area contributed by atoms with E-state index in [0.29, 0.717) is 0 Å². The molecule has 0 aliphatic carbocycles. The van der Waals surface area contributed by atoms with E-state index in [4.69, 9.17) is 0 Å². The Labute approximate surface area is 105 Å². The standard InChI is InChI=1S/C13H15N5/c1-4-10-9(7-18(3)17-10)12-15-11-6-5-8(2)14-13(11)16-12/h5-7H,4H2,1-3H3,(H,14,15,16). The molecule has 18 heavy (non-hydrogen) atoms. The number of hydrogen-bond acceptors (Lipinski definition) is 3. The van der Waals surface area contributed by atoms with Crippen LogP contribution >= 0.6 is 0 Å². The van der Waals surface area contributed by atoms with Crippen LogP contribution in [-0.2, 0) is 13.5 Å². The minimum atomic E-state index is 0.760. The van der Waals surface area contributed by atoms with Crippen LogP contribution in [-0.4, -0.2) is 24.7 Å². The highest BCUT2D eigenvalue weighted by Gasteiger charge is 2.12. The molecule has 3 rings (SSSR count). The first kappa shape index (κ1) is 11.0. The molecule has 1 N–H and O–H groups in total. The van der Waals surface area contributed by atoms with Crippen LogP contribution in [0, 0.1) is 6.92 Å². The first-order chi connectivity index (χ1) is 8.67. The molecule has 0 bridgehead atoms. The van der Waals surface area contributed by atoms with Crippen molar-refractivity contribution in [3.05, 3.63) is 29.7 Å². The zero-order valence-corrected chi connectivity index (χ0v) is 10.7. The van der Waals surface area contributed by atoms with Gasteiger partial charge in [0.05, 0.1) is 16.8 Å². The Morgan fingerprint density at radius 1 is 1.28 bits per heavy atom. The number of aromatic nitrogens is 5. The fraction of sp³-hybridized carbons (Fsp3) is 0.308. The summed E-state index contributed by atoms with van der Waals surface area (Å²) in [5.74, 6) is 0.841. The topological polar surface area (TPSA) is 59.4 Å². The van der Waals surface area contributed by atoms with Gasteiger partial charge in [-0.05, 0) is 25.5 Å². The van der Waals surface area contributed by atoms with E-state index >= 15 is 0 Å². The second-order valence-corrected chi connectivity index (χ2v) is 4.43. The fourth-order valence-corrected chi connectivity index (χ4v) is 2.11. The van der Waals surface area contributed by atoms with Crippen molar-refractivity contribution in [2.75, 3.05) is 0 Å². The number of rotatable bonds is 2. The van der Waals surface area contributed by atoms with Crippen molar-refractivity contribution in [1.82, 2.24) is 24.7 Å². The molecule has 0 aliphatic heterocycles. The summed E-state index contributed by atoms with van der Waals surface area (Å²) in [5.41, 5.74) is 4.80. The van der Waals surface area contributed by atoms with E-state index in [1.165, 1.54) is 0 Å². The zero-order chi connectivity index (χ0) is 12.7. The molecule has 0 aliphatic rings. The number of H-pyrrole nitrogens is 1. The smallest absolute Gasteiger partial charge is 0.178 e. The molecule has 0 saturated carbocycles. The normalized spacial score (nSPS) is 11.3. The quantitative estimate of drug-likeness (QED) is 0.748. The Morgan fingerprint density at radius 3 is 2.89 bits per heavy atom. The van der Waals surface area contributed by atoms with E-state index in [9.17, 15) is 0 Å². The van der Waals surface area contributed by atoms with Gasteiger partial charge in [-0.25, -0.2) is 9.97 Å². The molecule has 3 heterocycles. The van der Waals surface area contributed by atoms with Crippen molar-refractivity contribution in [2.24, 2.45) is 7.05 Å². The van der Waals surface area contributed by atoms with Gasteiger partial charge in [0.1, 0.15) is 5.82 Å². The number of nitrogens with zero attached hydrogens (tertiary/aromatic N) is 4. The predicted molar refractivity (Wildman–Crippen MR) is 70.2 cm³/mol. The summed E-state index contributed by atoms with van der Waals surface area (Å²) < 4.78 is 1.82. The van der Waals surface area contributed by atoms with Gasteiger partial charge in [0.25, 0.3) is 0 Å². The minimum Gasteiger partial charge on any atom is -0.336 e. The first-order valence-corrected chi connectivity index (χ1v) is 6.03. The van der Waals surface area contributed by atoms with Crippen molar-refractivity contribution < 1.29 is 0 Å². The molecule has 0 spiro atoms. The van der Waals surface area contributed by atoms with Gasteiger partial charge in [0, 0.05) is 18.9 Å². The number of imidazole rings is 1. The third kappa shape index (κ3) is 1.68. The lowest BCUT2D eigenvalue weighted by molar-refractivity contribution is 0.746. The summed E-state index contributed by atoms with van der Waals surface area (Å²) >= 11 is 0. The van der Waals surface area contributed by atoms with Crippen molar-refractivity contribution in [3.8, 4) is 11.4 Å². The van der Waals surface area contributed by atoms with E-state index in [-0.39, 0.29) is 0 Å². The molecule has 3 aromatic rings.